The van der Waals surface area contributed by atoms with Gasteiger partial charge in [0.25, 0.3) is 11.3 Å². The van der Waals surface area contributed by atoms with E-state index in [1.165, 1.54) is 17.2 Å². The molecule has 0 bridgehead atoms. The van der Waals surface area contributed by atoms with Crippen molar-refractivity contribution in [2.45, 2.75) is 20.4 Å². The van der Waals surface area contributed by atoms with Crippen molar-refractivity contribution in [3.8, 4) is 0 Å². The van der Waals surface area contributed by atoms with Crippen LogP contribution in [0.25, 0.3) is 11.1 Å². The van der Waals surface area contributed by atoms with Gasteiger partial charge in [0, 0.05) is 5.56 Å². The summed E-state index contributed by atoms with van der Waals surface area (Å²) in [5.74, 6) is 0. The maximum Gasteiger partial charge on any atom is 0.266 e. The van der Waals surface area contributed by atoms with E-state index < -0.39 is 0 Å². The molecule has 3 aromatic rings. The first-order chi connectivity index (χ1) is 8.66. The molecular weight excluding hydrogens is 236 g/mol. The van der Waals surface area contributed by atoms with Crippen LogP contribution in [0.3, 0.4) is 0 Å². The number of hydrogen-bond donors (Lipinski definition) is 0. The predicted octanol–water partition coefficient (Wildman–Crippen LogP) is 1.04. The Morgan fingerprint density at radius 1 is 1.33 bits per heavy atom. The van der Waals surface area contributed by atoms with E-state index in [0.717, 1.165) is 5.56 Å². The van der Waals surface area contributed by atoms with Crippen LogP contribution in [-0.4, -0.2) is 19.9 Å². The lowest BCUT2D eigenvalue weighted by molar-refractivity contribution is 0.408. The number of aryl methyl sites for hydroxylation is 2. The van der Waals surface area contributed by atoms with Crippen molar-refractivity contribution in [2.24, 2.45) is 0 Å². The summed E-state index contributed by atoms with van der Waals surface area (Å²) in [6, 6.07) is 0. The van der Waals surface area contributed by atoms with Crippen LogP contribution in [0.4, 0.5) is 0 Å². The molecule has 7 heteroatoms. The molecule has 0 radical (unpaired) electrons. The average molecular weight is 246 g/mol. The van der Waals surface area contributed by atoms with E-state index in [0.29, 0.717) is 23.3 Å². The van der Waals surface area contributed by atoms with Crippen LogP contribution >= 0.6 is 0 Å². The van der Waals surface area contributed by atoms with E-state index >= 15 is 0 Å². The lowest BCUT2D eigenvalue weighted by Gasteiger charge is -2.02. The Labute approximate surface area is 101 Å². The molecule has 0 saturated carbocycles. The molecule has 0 atom stereocenters. The van der Waals surface area contributed by atoms with Gasteiger partial charge in [-0.1, -0.05) is 10.3 Å². The topological polar surface area (TPSA) is 86.9 Å². The van der Waals surface area contributed by atoms with Gasteiger partial charge in [-0.3, -0.25) is 9.36 Å². The maximum absolute atomic E-state index is 12.2. The number of hydrogen-bond acceptors (Lipinski definition) is 6. The van der Waals surface area contributed by atoms with Crippen molar-refractivity contribution >= 4 is 11.1 Å². The fourth-order valence-corrected chi connectivity index (χ4v) is 1.75. The molecule has 0 fully saturated rings. The van der Waals surface area contributed by atoms with Crippen LogP contribution in [0.15, 0.2) is 26.4 Å². The van der Waals surface area contributed by atoms with Gasteiger partial charge in [-0.2, -0.15) is 0 Å². The summed E-state index contributed by atoms with van der Waals surface area (Å²) in [4.78, 5) is 16.3. The molecule has 0 amide bonds. The van der Waals surface area contributed by atoms with Gasteiger partial charge in [0.05, 0.1) is 12.2 Å². The third-order valence-corrected chi connectivity index (χ3v) is 2.80. The van der Waals surface area contributed by atoms with E-state index in [1.807, 2.05) is 6.92 Å². The lowest BCUT2D eigenvalue weighted by Crippen LogP contribution is -2.21. The van der Waals surface area contributed by atoms with Crippen LogP contribution in [-0.2, 0) is 6.54 Å². The number of nitrogens with zero attached hydrogens (tertiary/aromatic N) is 4. The van der Waals surface area contributed by atoms with Crippen molar-refractivity contribution in [3.63, 3.8) is 0 Å². The summed E-state index contributed by atoms with van der Waals surface area (Å²) in [6.07, 6.45) is 2.96. The van der Waals surface area contributed by atoms with Gasteiger partial charge in [-0.15, -0.1) is 0 Å². The Morgan fingerprint density at radius 3 is 2.89 bits per heavy atom. The van der Waals surface area contributed by atoms with E-state index in [9.17, 15) is 4.79 Å². The van der Waals surface area contributed by atoms with Crippen molar-refractivity contribution in [1.82, 2.24) is 19.9 Å². The largest absolute Gasteiger partial charge is 0.364 e. The van der Waals surface area contributed by atoms with E-state index in [-0.39, 0.29) is 11.3 Å². The maximum atomic E-state index is 12.2. The van der Waals surface area contributed by atoms with Crippen molar-refractivity contribution in [3.05, 3.63) is 39.9 Å². The van der Waals surface area contributed by atoms with Crippen molar-refractivity contribution in [1.29, 1.82) is 0 Å². The van der Waals surface area contributed by atoms with Crippen LogP contribution < -0.4 is 5.56 Å². The van der Waals surface area contributed by atoms with E-state index in [4.69, 9.17) is 9.05 Å². The molecule has 0 saturated heterocycles. The Hall–Kier alpha value is -2.44. The highest BCUT2D eigenvalue weighted by molar-refractivity contribution is 5.73. The van der Waals surface area contributed by atoms with E-state index in [2.05, 4.69) is 15.3 Å². The second-order valence-electron chi connectivity index (χ2n) is 4.07. The highest BCUT2D eigenvalue weighted by Crippen LogP contribution is 2.11. The van der Waals surface area contributed by atoms with Gasteiger partial charge >= 0.3 is 0 Å². The Kier molecular flexibility index (Phi) is 2.26. The minimum Gasteiger partial charge on any atom is -0.364 e. The van der Waals surface area contributed by atoms with Gasteiger partial charge in [0.15, 0.2) is 0 Å². The second kappa shape index (κ2) is 3.80. The fourth-order valence-electron chi connectivity index (χ4n) is 1.75. The molecule has 18 heavy (non-hydrogen) atoms. The van der Waals surface area contributed by atoms with Gasteiger partial charge < -0.3 is 9.05 Å². The highest BCUT2D eigenvalue weighted by Gasteiger charge is 2.13. The number of aromatic nitrogens is 4. The summed E-state index contributed by atoms with van der Waals surface area (Å²) in [5.41, 5.74) is 2.19. The zero-order valence-electron chi connectivity index (χ0n) is 9.88. The second-order valence-corrected chi connectivity index (χ2v) is 4.07. The number of rotatable bonds is 2. The molecule has 3 heterocycles. The molecule has 0 aromatic carbocycles. The molecule has 3 rings (SSSR count). The summed E-state index contributed by atoms with van der Waals surface area (Å²) < 4.78 is 11.2. The molecule has 3 aromatic heterocycles. The lowest BCUT2D eigenvalue weighted by atomic mass is 10.2. The SMILES string of the molecule is Cc1conc1Cn1cnc2onc(C)c2c1=O. The smallest absolute Gasteiger partial charge is 0.266 e. The first-order valence-corrected chi connectivity index (χ1v) is 5.38. The van der Waals surface area contributed by atoms with Crippen LogP contribution in [0, 0.1) is 13.8 Å². The first kappa shape index (κ1) is 10.7. The summed E-state index contributed by atoms with van der Waals surface area (Å²) in [7, 11) is 0. The molecule has 0 aliphatic rings. The third kappa shape index (κ3) is 1.52. The standard InChI is InChI=1S/C11H10N4O3/c1-6-4-17-14-8(6)3-15-5-12-10-9(11(15)16)7(2)13-18-10/h4-5H,3H2,1-2H3. The normalized spacial score (nSPS) is 11.2. The third-order valence-electron chi connectivity index (χ3n) is 2.80. The summed E-state index contributed by atoms with van der Waals surface area (Å²) >= 11 is 0. The zero-order valence-corrected chi connectivity index (χ0v) is 9.88. The fraction of sp³-hybridized carbons (Fsp3) is 0.273. The van der Waals surface area contributed by atoms with E-state index in [1.54, 1.807) is 6.92 Å². The predicted molar refractivity (Wildman–Crippen MR) is 61.1 cm³/mol. The van der Waals surface area contributed by atoms with Crippen molar-refractivity contribution < 1.29 is 9.05 Å². The molecule has 0 aliphatic carbocycles. The first-order valence-electron chi connectivity index (χ1n) is 5.38. The Bertz CT molecular complexity index is 768. The van der Waals surface area contributed by atoms with Crippen LogP contribution in [0.1, 0.15) is 17.0 Å². The minimum atomic E-state index is -0.193. The number of fused-ring (bicyclic) bond motifs is 1. The van der Waals surface area contributed by atoms with Gasteiger partial charge in [0.1, 0.15) is 23.7 Å². The highest BCUT2D eigenvalue weighted by atomic mass is 16.5. The Morgan fingerprint density at radius 2 is 2.17 bits per heavy atom. The average Bonchev–Trinajstić information content (AvgIpc) is 2.91. The van der Waals surface area contributed by atoms with Gasteiger partial charge in [0.2, 0.25) is 0 Å². The summed E-state index contributed by atoms with van der Waals surface area (Å²) in [6.45, 7) is 3.89. The zero-order chi connectivity index (χ0) is 12.7. The van der Waals surface area contributed by atoms with Crippen LogP contribution in [0.2, 0.25) is 0 Å². The quantitative estimate of drug-likeness (QED) is 0.671. The van der Waals surface area contributed by atoms with Crippen LogP contribution in [0.5, 0.6) is 0 Å². The Balaban J connectivity index is 2.13. The molecular formula is C11H10N4O3. The molecule has 92 valence electrons. The monoisotopic (exact) mass is 246 g/mol. The summed E-state index contributed by atoms with van der Waals surface area (Å²) in [5, 5.41) is 7.97. The molecule has 7 nitrogen and oxygen atoms in total. The van der Waals surface area contributed by atoms with Crippen molar-refractivity contribution in [2.75, 3.05) is 0 Å². The molecule has 0 spiro atoms. The molecule has 0 aliphatic heterocycles. The minimum absolute atomic E-state index is 0.193. The molecule has 0 N–H and O–H groups in total. The van der Waals surface area contributed by atoms with Gasteiger partial charge in [-0.05, 0) is 13.8 Å². The molecule has 0 unspecified atom stereocenters. The van der Waals surface area contributed by atoms with Gasteiger partial charge in [-0.25, -0.2) is 4.98 Å².